The van der Waals surface area contributed by atoms with Gasteiger partial charge in [-0.15, -0.1) is 0 Å². The lowest BCUT2D eigenvalue weighted by Gasteiger charge is -2.17. The Bertz CT molecular complexity index is 458. The molecule has 0 aliphatic heterocycles. The van der Waals surface area contributed by atoms with Crippen LogP contribution in [0.2, 0.25) is 0 Å². The number of carbonyl (C=O) groups is 1. The standard InChI is InChI=1S/C13H16F3NO2/c1-8-4-5-11(9(2)6-8)10(3)17-12(18)19-7-13(14,15)16/h4-6,10H,7H2,1-3H3,(H,17,18). The Kier molecular flexibility index (Phi) is 4.80. The van der Waals surface area contributed by atoms with Crippen LogP contribution in [-0.2, 0) is 4.74 Å². The summed E-state index contributed by atoms with van der Waals surface area (Å²) in [6.07, 6.45) is -5.59. The van der Waals surface area contributed by atoms with Crippen molar-refractivity contribution in [1.82, 2.24) is 5.32 Å². The van der Waals surface area contributed by atoms with Gasteiger partial charge in [0, 0.05) is 0 Å². The molecule has 1 aromatic rings. The van der Waals surface area contributed by atoms with Crippen LogP contribution in [-0.4, -0.2) is 18.9 Å². The fourth-order valence-electron chi connectivity index (χ4n) is 1.76. The average molecular weight is 275 g/mol. The van der Waals surface area contributed by atoms with Gasteiger partial charge in [-0.3, -0.25) is 0 Å². The molecule has 0 fully saturated rings. The summed E-state index contributed by atoms with van der Waals surface area (Å²) >= 11 is 0. The Balaban J connectivity index is 2.59. The van der Waals surface area contributed by atoms with Crippen LogP contribution in [0.4, 0.5) is 18.0 Å². The van der Waals surface area contributed by atoms with Crippen LogP contribution in [0.15, 0.2) is 18.2 Å². The van der Waals surface area contributed by atoms with Crippen molar-refractivity contribution in [2.24, 2.45) is 0 Å². The first-order valence-corrected chi connectivity index (χ1v) is 5.76. The highest BCUT2D eigenvalue weighted by Crippen LogP contribution is 2.19. The molecule has 0 bridgehead atoms. The smallest absolute Gasteiger partial charge is 0.422 e. The molecule has 0 saturated carbocycles. The lowest BCUT2D eigenvalue weighted by atomic mass is 10.0. The van der Waals surface area contributed by atoms with Crippen molar-refractivity contribution in [1.29, 1.82) is 0 Å². The number of ether oxygens (including phenoxy) is 1. The number of carbonyl (C=O) groups excluding carboxylic acids is 1. The van der Waals surface area contributed by atoms with Gasteiger partial charge in [0.25, 0.3) is 0 Å². The van der Waals surface area contributed by atoms with E-state index >= 15 is 0 Å². The van der Waals surface area contributed by atoms with Crippen LogP contribution in [0.1, 0.15) is 29.7 Å². The molecular formula is C13H16F3NO2. The molecule has 1 amide bonds. The summed E-state index contributed by atoms with van der Waals surface area (Å²) < 4.78 is 39.7. The molecule has 1 aromatic carbocycles. The van der Waals surface area contributed by atoms with Crippen molar-refractivity contribution in [3.05, 3.63) is 34.9 Å². The Morgan fingerprint density at radius 1 is 1.37 bits per heavy atom. The van der Waals surface area contributed by atoms with Crippen LogP contribution in [0.3, 0.4) is 0 Å². The van der Waals surface area contributed by atoms with Crippen LogP contribution in [0, 0.1) is 13.8 Å². The van der Waals surface area contributed by atoms with Crippen molar-refractivity contribution < 1.29 is 22.7 Å². The third-order valence-electron chi connectivity index (χ3n) is 2.59. The monoisotopic (exact) mass is 275 g/mol. The fourth-order valence-corrected chi connectivity index (χ4v) is 1.76. The molecule has 1 rings (SSSR count). The Hall–Kier alpha value is -1.72. The number of nitrogens with one attached hydrogen (secondary N) is 1. The second-order valence-corrected chi connectivity index (χ2v) is 4.42. The van der Waals surface area contributed by atoms with Gasteiger partial charge in [-0.25, -0.2) is 4.79 Å². The van der Waals surface area contributed by atoms with Crippen molar-refractivity contribution in [3.63, 3.8) is 0 Å². The zero-order valence-electron chi connectivity index (χ0n) is 11.0. The first-order valence-electron chi connectivity index (χ1n) is 5.76. The Morgan fingerprint density at radius 3 is 2.53 bits per heavy atom. The zero-order chi connectivity index (χ0) is 14.6. The van der Waals surface area contributed by atoms with Crippen molar-refractivity contribution in [2.45, 2.75) is 33.0 Å². The minimum Gasteiger partial charge on any atom is -0.440 e. The zero-order valence-corrected chi connectivity index (χ0v) is 11.0. The molecule has 0 radical (unpaired) electrons. The molecule has 19 heavy (non-hydrogen) atoms. The molecule has 3 nitrogen and oxygen atoms in total. The first-order chi connectivity index (χ1) is 8.69. The Labute approximate surface area is 109 Å². The molecule has 0 aromatic heterocycles. The van der Waals surface area contributed by atoms with Crippen molar-refractivity contribution >= 4 is 6.09 Å². The molecule has 0 aliphatic carbocycles. The fraction of sp³-hybridized carbons (Fsp3) is 0.462. The quantitative estimate of drug-likeness (QED) is 0.914. The highest BCUT2D eigenvalue weighted by molar-refractivity contribution is 5.68. The largest absolute Gasteiger partial charge is 0.440 e. The molecule has 1 N–H and O–H groups in total. The molecule has 0 spiro atoms. The molecule has 6 heteroatoms. The van der Waals surface area contributed by atoms with E-state index in [-0.39, 0.29) is 0 Å². The van der Waals surface area contributed by atoms with Crippen LogP contribution in [0.5, 0.6) is 0 Å². The molecule has 0 saturated heterocycles. The van der Waals surface area contributed by atoms with Crippen molar-refractivity contribution in [3.8, 4) is 0 Å². The number of alkyl halides is 3. The number of hydrogen-bond acceptors (Lipinski definition) is 2. The summed E-state index contributed by atoms with van der Waals surface area (Å²) in [5.74, 6) is 0. The van der Waals surface area contributed by atoms with Gasteiger partial charge in [0.1, 0.15) is 0 Å². The van der Waals surface area contributed by atoms with E-state index in [0.717, 1.165) is 16.7 Å². The second kappa shape index (κ2) is 5.95. The third kappa shape index (κ3) is 5.19. The predicted octanol–water partition coefficient (Wildman–Crippen LogP) is 3.65. The summed E-state index contributed by atoms with van der Waals surface area (Å²) in [6, 6.07) is 5.23. The summed E-state index contributed by atoms with van der Waals surface area (Å²) in [4.78, 5) is 11.2. The van der Waals surface area contributed by atoms with Gasteiger partial charge in [-0.1, -0.05) is 23.8 Å². The number of amides is 1. The molecule has 0 aliphatic rings. The van der Waals surface area contributed by atoms with Gasteiger partial charge in [0.05, 0.1) is 6.04 Å². The molecular weight excluding hydrogens is 259 g/mol. The number of rotatable bonds is 3. The minimum atomic E-state index is -4.51. The van der Waals surface area contributed by atoms with E-state index in [4.69, 9.17) is 0 Å². The van der Waals surface area contributed by atoms with Crippen LogP contribution < -0.4 is 5.32 Å². The van der Waals surface area contributed by atoms with E-state index < -0.39 is 24.9 Å². The van der Waals surface area contributed by atoms with E-state index in [9.17, 15) is 18.0 Å². The summed E-state index contributed by atoms with van der Waals surface area (Å²) in [7, 11) is 0. The van der Waals surface area contributed by atoms with E-state index in [2.05, 4.69) is 10.1 Å². The van der Waals surface area contributed by atoms with Gasteiger partial charge in [0.15, 0.2) is 6.61 Å². The minimum absolute atomic E-state index is 0.415. The summed E-state index contributed by atoms with van der Waals surface area (Å²) in [5.41, 5.74) is 2.88. The third-order valence-corrected chi connectivity index (χ3v) is 2.59. The summed E-state index contributed by atoms with van der Waals surface area (Å²) in [5, 5.41) is 2.37. The number of halogens is 3. The SMILES string of the molecule is Cc1ccc(C(C)NC(=O)OCC(F)(F)F)c(C)c1. The highest BCUT2D eigenvalue weighted by atomic mass is 19.4. The van der Waals surface area contributed by atoms with E-state index in [1.54, 1.807) is 6.92 Å². The number of aryl methyl sites for hydroxylation is 2. The lowest BCUT2D eigenvalue weighted by molar-refractivity contribution is -0.160. The summed E-state index contributed by atoms with van der Waals surface area (Å²) in [6.45, 7) is 3.92. The number of hydrogen-bond donors (Lipinski definition) is 1. The Morgan fingerprint density at radius 2 is 2.00 bits per heavy atom. The number of benzene rings is 1. The topological polar surface area (TPSA) is 38.3 Å². The molecule has 0 heterocycles. The van der Waals surface area contributed by atoms with E-state index in [1.165, 1.54) is 0 Å². The van der Waals surface area contributed by atoms with E-state index in [0.29, 0.717) is 0 Å². The predicted molar refractivity (Wildman–Crippen MR) is 64.9 cm³/mol. The molecule has 106 valence electrons. The van der Waals surface area contributed by atoms with Gasteiger partial charge in [-0.05, 0) is 31.9 Å². The number of alkyl carbamates (subject to hydrolysis) is 1. The maximum atomic E-state index is 11.9. The van der Waals surface area contributed by atoms with Gasteiger partial charge in [0.2, 0.25) is 0 Å². The molecule has 1 atom stereocenters. The highest BCUT2D eigenvalue weighted by Gasteiger charge is 2.29. The van der Waals surface area contributed by atoms with Gasteiger partial charge < -0.3 is 10.1 Å². The maximum Gasteiger partial charge on any atom is 0.422 e. The first kappa shape index (κ1) is 15.3. The van der Waals surface area contributed by atoms with Gasteiger partial charge >= 0.3 is 12.3 Å². The van der Waals surface area contributed by atoms with E-state index in [1.807, 2.05) is 32.0 Å². The van der Waals surface area contributed by atoms with Gasteiger partial charge in [-0.2, -0.15) is 13.2 Å². The lowest BCUT2D eigenvalue weighted by Crippen LogP contribution is -2.31. The van der Waals surface area contributed by atoms with Crippen molar-refractivity contribution in [2.75, 3.05) is 6.61 Å². The van der Waals surface area contributed by atoms with Crippen LogP contribution in [0.25, 0.3) is 0 Å². The normalized spacial score (nSPS) is 12.9. The van der Waals surface area contributed by atoms with Crippen LogP contribution >= 0.6 is 0 Å². The second-order valence-electron chi connectivity index (χ2n) is 4.42. The average Bonchev–Trinajstić information content (AvgIpc) is 2.25. The molecule has 1 unspecified atom stereocenters. The maximum absolute atomic E-state index is 11.9.